The molecule has 0 amide bonds. The number of anilines is 4. The first-order valence-corrected chi connectivity index (χ1v) is 5.31. The van der Waals surface area contributed by atoms with Crippen molar-refractivity contribution in [3.63, 3.8) is 0 Å². The maximum absolute atomic E-state index is 13.0. The lowest BCUT2D eigenvalue weighted by molar-refractivity contribution is 0.628. The monoisotopic (exact) mass is 251 g/mol. The van der Waals surface area contributed by atoms with E-state index in [1.807, 2.05) is 0 Å². The number of hydrogen-bond donors (Lipinski definition) is 3. The number of halogens is 2. The molecule has 3 nitrogen and oxygen atoms in total. The fraction of sp³-hybridized carbons (Fsp3) is 0. The highest BCUT2D eigenvalue weighted by molar-refractivity contribution is 6.33. The van der Waals surface area contributed by atoms with Crippen molar-refractivity contribution in [1.29, 1.82) is 0 Å². The van der Waals surface area contributed by atoms with Gasteiger partial charge in [0, 0.05) is 5.69 Å². The predicted molar refractivity (Wildman–Crippen MR) is 70.0 cm³/mol. The van der Waals surface area contributed by atoms with Crippen LogP contribution in [0.3, 0.4) is 0 Å². The number of nitrogens with two attached hydrogens (primary N) is 2. The lowest BCUT2D eigenvalue weighted by Crippen LogP contribution is -1.97. The molecular formula is C12H11ClFN3. The van der Waals surface area contributed by atoms with Crippen molar-refractivity contribution in [2.45, 2.75) is 0 Å². The van der Waals surface area contributed by atoms with Gasteiger partial charge in [-0.25, -0.2) is 4.39 Å². The summed E-state index contributed by atoms with van der Waals surface area (Å²) in [6, 6.07) is 9.17. The van der Waals surface area contributed by atoms with E-state index in [-0.39, 0.29) is 5.82 Å². The van der Waals surface area contributed by atoms with Crippen LogP contribution in [0.4, 0.5) is 27.1 Å². The van der Waals surface area contributed by atoms with Gasteiger partial charge in [0.05, 0.1) is 22.1 Å². The Balaban J connectivity index is 2.31. The average molecular weight is 252 g/mol. The van der Waals surface area contributed by atoms with Gasteiger partial charge in [-0.05, 0) is 36.4 Å². The van der Waals surface area contributed by atoms with Crippen LogP contribution in [0.5, 0.6) is 0 Å². The van der Waals surface area contributed by atoms with Crippen molar-refractivity contribution in [3.05, 3.63) is 47.2 Å². The van der Waals surface area contributed by atoms with Crippen LogP contribution < -0.4 is 16.8 Å². The average Bonchev–Trinajstić information content (AvgIpc) is 2.29. The molecular weight excluding hydrogens is 241 g/mol. The van der Waals surface area contributed by atoms with E-state index in [1.165, 1.54) is 18.2 Å². The number of nitrogen functional groups attached to an aromatic ring is 2. The van der Waals surface area contributed by atoms with E-state index in [1.54, 1.807) is 18.2 Å². The van der Waals surface area contributed by atoms with Crippen molar-refractivity contribution in [2.24, 2.45) is 0 Å². The lowest BCUT2D eigenvalue weighted by atomic mass is 10.2. The molecule has 0 aromatic heterocycles. The second-order valence-corrected chi connectivity index (χ2v) is 4.00. The summed E-state index contributed by atoms with van der Waals surface area (Å²) in [5.74, 6) is -0.361. The van der Waals surface area contributed by atoms with E-state index < -0.39 is 0 Å². The molecule has 17 heavy (non-hydrogen) atoms. The van der Waals surface area contributed by atoms with Gasteiger partial charge < -0.3 is 16.8 Å². The highest BCUT2D eigenvalue weighted by atomic mass is 35.5. The summed E-state index contributed by atoms with van der Waals surface area (Å²) in [4.78, 5) is 0. The number of nitrogens with one attached hydrogen (secondary N) is 1. The summed E-state index contributed by atoms with van der Waals surface area (Å²) in [6.45, 7) is 0. The van der Waals surface area contributed by atoms with Crippen LogP contribution in [-0.4, -0.2) is 0 Å². The normalized spacial score (nSPS) is 10.2. The Morgan fingerprint density at radius 1 is 1.00 bits per heavy atom. The van der Waals surface area contributed by atoms with Gasteiger partial charge in [-0.1, -0.05) is 11.6 Å². The largest absolute Gasteiger partial charge is 0.397 e. The third-order valence-corrected chi connectivity index (χ3v) is 2.62. The molecule has 0 spiro atoms. The zero-order valence-electron chi connectivity index (χ0n) is 8.87. The van der Waals surface area contributed by atoms with Crippen molar-refractivity contribution < 1.29 is 4.39 Å². The van der Waals surface area contributed by atoms with Crippen LogP contribution in [0.25, 0.3) is 0 Å². The fourth-order valence-electron chi connectivity index (χ4n) is 1.40. The fourth-order valence-corrected chi connectivity index (χ4v) is 1.57. The van der Waals surface area contributed by atoms with Crippen LogP contribution in [0.1, 0.15) is 0 Å². The summed E-state index contributed by atoms with van der Waals surface area (Å²) in [6.07, 6.45) is 0. The molecule has 5 N–H and O–H groups in total. The van der Waals surface area contributed by atoms with Crippen molar-refractivity contribution in [3.8, 4) is 0 Å². The molecule has 2 aromatic rings. The minimum Gasteiger partial charge on any atom is -0.397 e. The van der Waals surface area contributed by atoms with Crippen LogP contribution in [0.2, 0.25) is 5.02 Å². The SMILES string of the molecule is Nc1ccc(Nc2cc(F)ccc2Cl)cc1N. The highest BCUT2D eigenvalue weighted by Gasteiger charge is 2.03. The molecule has 5 heteroatoms. The van der Waals surface area contributed by atoms with Gasteiger partial charge in [0.2, 0.25) is 0 Å². The lowest BCUT2D eigenvalue weighted by Gasteiger charge is -2.10. The Labute approximate surface area is 103 Å². The molecule has 0 atom stereocenters. The van der Waals surface area contributed by atoms with E-state index in [9.17, 15) is 4.39 Å². The molecule has 0 aliphatic carbocycles. The van der Waals surface area contributed by atoms with Crippen molar-refractivity contribution >= 4 is 34.4 Å². The summed E-state index contributed by atoms with van der Waals surface area (Å²) in [5.41, 5.74) is 13.4. The molecule has 2 rings (SSSR count). The van der Waals surface area contributed by atoms with Gasteiger partial charge in [0.1, 0.15) is 5.82 Å². The minimum absolute atomic E-state index is 0.361. The topological polar surface area (TPSA) is 64.1 Å². The molecule has 0 unspecified atom stereocenters. The molecule has 2 aromatic carbocycles. The van der Waals surface area contributed by atoms with Crippen LogP contribution >= 0.6 is 11.6 Å². The van der Waals surface area contributed by atoms with E-state index in [2.05, 4.69) is 5.32 Å². The number of rotatable bonds is 2. The molecule has 0 aliphatic heterocycles. The Morgan fingerprint density at radius 2 is 1.76 bits per heavy atom. The van der Waals surface area contributed by atoms with E-state index >= 15 is 0 Å². The van der Waals surface area contributed by atoms with Crippen LogP contribution in [0.15, 0.2) is 36.4 Å². The Kier molecular flexibility index (Phi) is 3.06. The first kappa shape index (κ1) is 11.5. The first-order valence-electron chi connectivity index (χ1n) is 4.93. The second-order valence-electron chi connectivity index (χ2n) is 3.59. The second kappa shape index (κ2) is 4.51. The molecule has 0 heterocycles. The smallest absolute Gasteiger partial charge is 0.125 e. The van der Waals surface area contributed by atoms with Gasteiger partial charge in [0.25, 0.3) is 0 Å². The van der Waals surface area contributed by atoms with Crippen LogP contribution in [-0.2, 0) is 0 Å². The molecule has 0 bridgehead atoms. The molecule has 88 valence electrons. The predicted octanol–water partition coefficient (Wildman–Crippen LogP) is 3.39. The van der Waals surface area contributed by atoms with Crippen LogP contribution in [0, 0.1) is 5.82 Å². The Morgan fingerprint density at radius 3 is 2.47 bits per heavy atom. The number of benzene rings is 2. The summed E-state index contributed by atoms with van der Waals surface area (Å²) in [7, 11) is 0. The third kappa shape index (κ3) is 2.60. The quantitative estimate of drug-likeness (QED) is 0.717. The van der Waals surface area contributed by atoms with E-state index in [4.69, 9.17) is 23.1 Å². The summed E-state index contributed by atoms with van der Waals surface area (Å²) < 4.78 is 13.0. The van der Waals surface area contributed by atoms with Gasteiger partial charge >= 0.3 is 0 Å². The van der Waals surface area contributed by atoms with E-state index in [0.717, 1.165) is 0 Å². The van der Waals surface area contributed by atoms with Gasteiger partial charge in [-0.3, -0.25) is 0 Å². The Bertz CT molecular complexity index is 557. The maximum Gasteiger partial charge on any atom is 0.125 e. The molecule has 0 fully saturated rings. The number of hydrogen-bond acceptors (Lipinski definition) is 3. The minimum atomic E-state index is -0.361. The van der Waals surface area contributed by atoms with Gasteiger partial charge in [-0.2, -0.15) is 0 Å². The maximum atomic E-state index is 13.0. The zero-order chi connectivity index (χ0) is 12.4. The third-order valence-electron chi connectivity index (χ3n) is 2.29. The summed E-state index contributed by atoms with van der Waals surface area (Å²) in [5, 5.41) is 3.41. The van der Waals surface area contributed by atoms with Gasteiger partial charge in [0.15, 0.2) is 0 Å². The molecule has 0 saturated carbocycles. The highest BCUT2D eigenvalue weighted by Crippen LogP contribution is 2.28. The van der Waals surface area contributed by atoms with E-state index in [0.29, 0.717) is 27.8 Å². The standard InChI is InChI=1S/C12H11ClFN3/c13-9-3-1-7(14)5-12(9)17-8-2-4-10(15)11(16)6-8/h1-6,17H,15-16H2. The molecule has 0 saturated heterocycles. The summed E-state index contributed by atoms with van der Waals surface area (Å²) >= 11 is 5.93. The van der Waals surface area contributed by atoms with Crippen molar-refractivity contribution in [2.75, 3.05) is 16.8 Å². The van der Waals surface area contributed by atoms with Gasteiger partial charge in [-0.15, -0.1) is 0 Å². The molecule has 0 radical (unpaired) electrons. The first-order chi connectivity index (χ1) is 8.06. The van der Waals surface area contributed by atoms with Crippen molar-refractivity contribution in [1.82, 2.24) is 0 Å². The molecule has 0 aliphatic rings. The zero-order valence-corrected chi connectivity index (χ0v) is 9.63. The Hall–Kier alpha value is -1.94.